The van der Waals surface area contributed by atoms with E-state index < -0.39 is 0 Å². The molecule has 0 bridgehead atoms. The number of carbonyl (C=O) groups excluding carboxylic acids is 1. The first-order valence-electron chi connectivity index (χ1n) is 9.42. The van der Waals surface area contributed by atoms with E-state index in [1.807, 2.05) is 32.0 Å². The van der Waals surface area contributed by atoms with Crippen molar-refractivity contribution in [3.05, 3.63) is 63.7 Å². The van der Waals surface area contributed by atoms with Crippen LogP contribution in [-0.2, 0) is 0 Å². The largest absolute Gasteiger partial charge is 0.493 e. The predicted octanol–water partition coefficient (Wildman–Crippen LogP) is 5.24. The molecular weight excluding hydrogens is 384 g/mol. The quantitative estimate of drug-likeness (QED) is 0.603. The molecule has 1 atom stereocenters. The molecule has 1 aromatic heterocycles. The van der Waals surface area contributed by atoms with E-state index in [2.05, 4.69) is 42.3 Å². The Labute approximate surface area is 175 Å². The summed E-state index contributed by atoms with van der Waals surface area (Å²) in [7, 11) is 3.20. The minimum Gasteiger partial charge on any atom is -0.493 e. The van der Waals surface area contributed by atoms with Gasteiger partial charge in [-0.25, -0.2) is 4.98 Å². The first-order valence-corrected chi connectivity index (χ1v) is 10.2. The molecule has 0 aliphatic carbocycles. The number of hydrogen-bond donors (Lipinski definition) is 1. The van der Waals surface area contributed by atoms with Gasteiger partial charge in [-0.3, -0.25) is 4.79 Å². The summed E-state index contributed by atoms with van der Waals surface area (Å²) in [4.78, 5) is 18.2. The van der Waals surface area contributed by atoms with Gasteiger partial charge in [0, 0.05) is 5.56 Å². The number of aromatic nitrogens is 1. The summed E-state index contributed by atoms with van der Waals surface area (Å²) in [5, 5.41) is 3.89. The molecular formula is C23H26N2O3S. The lowest BCUT2D eigenvalue weighted by atomic mass is 10.00. The van der Waals surface area contributed by atoms with Crippen molar-refractivity contribution in [1.82, 2.24) is 10.3 Å². The molecule has 1 N–H and O–H groups in total. The van der Waals surface area contributed by atoms with Gasteiger partial charge < -0.3 is 14.8 Å². The van der Waals surface area contributed by atoms with Crippen molar-refractivity contribution in [2.75, 3.05) is 14.2 Å². The van der Waals surface area contributed by atoms with Crippen LogP contribution in [0.15, 0.2) is 36.4 Å². The second-order valence-corrected chi connectivity index (χ2v) is 8.06. The molecule has 1 amide bonds. The van der Waals surface area contributed by atoms with E-state index in [1.54, 1.807) is 14.2 Å². The molecule has 0 saturated carbocycles. The van der Waals surface area contributed by atoms with Crippen LogP contribution in [0.25, 0.3) is 10.6 Å². The van der Waals surface area contributed by atoms with E-state index in [9.17, 15) is 4.79 Å². The summed E-state index contributed by atoms with van der Waals surface area (Å²) in [5.41, 5.74) is 5.07. The van der Waals surface area contributed by atoms with Crippen molar-refractivity contribution >= 4 is 17.2 Å². The van der Waals surface area contributed by atoms with E-state index in [-0.39, 0.29) is 11.9 Å². The molecule has 0 aliphatic rings. The Kier molecular flexibility index (Phi) is 6.23. The highest BCUT2D eigenvalue weighted by molar-refractivity contribution is 7.17. The standard InChI is InChI=1S/C23H26N2O3S/c1-13-7-8-14(2)18(11-13)15(3)24-22(26)21-16(4)25-23(29-21)17-9-10-19(27-5)20(12-17)28-6/h7-12,15H,1-6H3,(H,24,26). The summed E-state index contributed by atoms with van der Waals surface area (Å²) in [6.07, 6.45) is 0. The van der Waals surface area contributed by atoms with Crippen molar-refractivity contribution in [2.45, 2.75) is 33.7 Å². The minimum atomic E-state index is -0.111. The lowest BCUT2D eigenvalue weighted by Crippen LogP contribution is -2.27. The van der Waals surface area contributed by atoms with E-state index in [0.717, 1.165) is 21.7 Å². The first kappa shape index (κ1) is 20.9. The SMILES string of the molecule is COc1ccc(-c2nc(C)c(C(=O)NC(C)c3cc(C)ccc3C)s2)cc1OC. The number of rotatable bonds is 6. The average molecular weight is 411 g/mol. The minimum absolute atomic E-state index is 0.0894. The lowest BCUT2D eigenvalue weighted by Gasteiger charge is -2.17. The van der Waals surface area contributed by atoms with Gasteiger partial charge in [0.25, 0.3) is 5.91 Å². The maximum atomic E-state index is 12.9. The fraction of sp³-hybridized carbons (Fsp3) is 0.304. The number of ether oxygens (including phenoxy) is 2. The van der Waals surface area contributed by atoms with E-state index in [4.69, 9.17) is 9.47 Å². The van der Waals surface area contributed by atoms with Gasteiger partial charge in [-0.05, 0) is 57.0 Å². The molecule has 6 heteroatoms. The molecule has 0 radical (unpaired) electrons. The third-order valence-corrected chi connectivity index (χ3v) is 6.09. The Hall–Kier alpha value is -2.86. The van der Waals surface area contributed by atoms with Crippen LogP contribution in [0, 0.1) is 20.8 Å². The van der Waals surface area contributed by atoms with Crippen LogP contribution in [0.2, 0.25) is 0 Å². The summed E-state index contributed by atoms with van der Waals surface area (Å²) in [6.45, 7) is 7.98. The molecule has 1 heterocycles. The van der Waals surface area contributed by atoms with Gasteiger partial charge in [0.1, 0.15) is 9.88 Å². The zero-order chi connectivity index (χ0) is 21.1. The van der Waals surface area contributed by atoms with Gasteiger partial charge in [-0.2, -0.15) is 0 Å². The van der Waals surface area contributed by atoms with E-state index >= 15 is 0 Å². The van der Waals surface area contributed by atoms with Crippen LogP contribution in [0.1, 0.15) is 45.0 Å². The van der Waals surface area contributed by atoms with Gasteiger partial charge in [0.2, 0.25) is 0 Å². The maximum absolute atomic E-state index is 12.9. The van der Waals surface area contributed by atoms with Crippen LogP contribution in [0.3, 0.4) is 0 Å². The molecule has 0 aliphatic heterocycles. The van der Waals surface area contributed by atoms with Gasteiger partial charge >= 0.3 is 0 Å². The normalized spacial score (nSPS) is 11.8. The third kappa shape index (κ3) is 4.43. The number of hydrogen-bond acceptors (Lipinski definition) is 5. The van der Waals surface area contributed by atoms with Gasteiger partial charge in [0.15, 0.2) is 11.5 Å². The van der Waals surface area contributed by atoms with Crippen LogP contribution < -0.4 is 14.8 Å². The molecule has 3 aromatic rings. The summed E-state index contributed by atoms with van der Waals surface area (Å²) in [6, 6.07) is 11.8. The van der Waals surface area contributed by atoms with Gasteiger partial charge in [0.05, 0.1) is 26.0 Å². The second kappa shape index (κ2) is 8.66. The van der Waals surface area contributed by atoms with Crippen molar-refractivity contribution < 1.29 is 14.3 Å². The predicted molar refractivity (Wildman–Crippen MR) is 117 cm³/mol. The number of aryl methyl sites for hydroxylation is 3. The molecule has 0 spiro atoms. The van der Waals surface area contributed by atoms with Crippen LogP contribution in [-0.4, -0.2) is 25.1 Å². The van der Waals surface area contributed by atoms with Crippen molar-refractivity contribution in [3.8, 4) is 22.1 Å². The Morgan fingerprint density at radius 1 is 1.03 bits per heavy atom. The number of thiazole rings is 1. The van der Waals surface area contributed by atoms with E-state index in [1.165, 1.54) is 16.9 Å². The monoisotopic (exact) mass is 410 g/mol. The maximum Gasteiger partial charge on any atom is 0.263 e. The van der Waals surface area contributed by atoms with Gasteiger partial charge in [-0.1, -0.05) is 23.8 Å². The Bertz CT molecular complexity index is 1040. The topological polar surface area (TPSA) is 60.5 Å². The number of nitrogens with one attached hydrogen (secondary N) is 1. The highest BCUT2D eigenvalue weighted by atomic mass is 32.1. The molecule has 29 heavy (non-hydrogen) atoms. The fourth-order valence-corrected chi connectivity index (χ4v) is 4.23. The molecule has 2 aromatic carbocycles. The van der Waals surface area contributed by atoms with E-state index in [0.29, 0.717) is 22.1 Å². The highest BCUT2D eigenvalue weighted by Crippen LogP contribution is 2.35. The molecule has 1 unspecified atom stereocenters. The second-order valence-electron chi connectivity index (χ2n) is 7.06. The Morgan fingerprint density at radius 2 is 1.76 bits per heavy atom. The lowest BCUT2D eigenvalue weighted by molar-refractivity contribution is 0.0943. The number of nitrogens with zero attached hydrogens (tertiary/aromatic N) is 1. The Morgan fingerprint density at radius 3 is 2.45 bits per heavy atom. The summed E-state index contributed by atoms with van der Waals surface area (Å²) >= 11 is 1.38. The highest BCUT2D eigenvalue weighted by Gasteiger charge is 2.20. The van der Waals surface area contributed by atoms with Crippen molar-refractivity contribution in [1.29, 1.82) is 0 Å². The third-order valence-electron chi connectivity index (χ3n) is 4.88. The van der Waals surface area contributed by atoms with Gasteiger partial charge in [-0.15, -0.1) is 11.3 Å². The zero-order valence-electron chi connectivity index (χ0n) is 17.6. The number of amides is 1. The van der Waals surface area contributed by atoms with Crippen LogP contribution >= 0.6 is 11.3 Å². The summed E-state index contributed by atoms with van der Waals surface area (Å²) in [5.74, 6) is 1.18. The number of carbonyl (C=O) groups is 1. The van der Waals surface area contributed by atoms with Crippen LogP contribution in [0.4, 0.5) is 0 Å². The van der Waals surface area contributed by atoms with Crippen LogP contribution in [0.5, 0.6) is 11.5 Å². The zero-order valence-corrected chi connectivity index (χ0v) is 18.4. The van der Waals surface area contributed by atoms with Crippen molar-refractivity contribution in [2.24, 2.45) is 0 Å². The smallest absolute Gasteiger partial charge is 0.263 e. The number of benzene rings is 2. The molecule has 152 valence electrons. The number of methoxy groups -OCH3 is 2. The molecule has 0 saturated heterocycles. The molecule has 3 rings (SSSR count). The fourth-order valence-electron chi connectivity index (χ4n) is 3.27. The summed E-state index contributed by atoms with van der Waals surface area (Å²) < 4.78 is 10.7. The molecule has 5 nitrogen and oxygen atoms in total. The van der Waals surface area contributed by atoms with Crippen molar-refractivity contribution in [3.63, 3.8) is 0 Å². The average Bonchev–Trinajstić information content (AvgIpc) is 3.10. The Balaban J connectivity index is 1.84. The molecule has 0 fully saturated rings. The first-order chi connectivity index (χ1) is 13.8.